The van der Waals surface area contributed by atoms with E-state index < -0.39 is 0 Å². The molecule has 28 heavy (non-hydrogen) atoms. The monoisotopic (exact) mass is 498 g/mol. The number of hydrogen-bond acceptors (Lipinski definition) is 3. The molecule has 5 nitrogen and oxygen atoms in total. The largest absolute Gasteiger partial charge is 0.493 e. The van der Waals surface area contributed by atoms with E-state index in [0.717, 1.165) is 24.5 Å². The predicted octanol–water partition coefficient (Wildman–Crippen LogP) is 4.19. The lowest BCUT2D eigenvalue weighted by Crippen LogP contribution is -2.37. The Bertz CT molecular complexity index is 796. The zero-order valence-electron chi connectivity index (χ0n) is 16.4. The van der Waals surface area contributed by atoms with Crippen molar-refractivity contribution >= 4 is 29.9 Å². The van der Waals surface area contributed by atoms with Gasteiger partial charge in [0.15, 0.2) is 5.96 Å². The number of aromatic nitrogens is 1. The van der Waals surface area contributed by atoms with Crippen LogP contribution >= 0.6 is 24.0 Å². The van der Waals surface area contributed by atoms with Crippen molar-refractivity contribution in [2.24, 2.45) is 10.9 Å². The normalized spacial score (nSPS) is 13.6. The average Bonchev–Trinajstić information content (AvgIpc) is 3.49. The van der Waals surface area contributed by atoms with E-state index in [9.17, 15) is 4.39 Å². The Morgan fingerprint density at radius 1 is 1.29 bits per heavy atom. The molecule has 0 radical (unpaired) electrons. The summed E-state index contributed by atoms with van der Waals surface area (Å²) in [6.07, 6.45) is 4.11. The van der Waals surface area contributed by atoms with Gasteiger partial charge in [-0.15, -0.1) is 24.0 Å². The lowest BCUT2D eigenvalue weighted by molar-refractivity contribution is 0.296. The lowest BCUT2D eigenvalue weighted by Gasteiger charge is -2.13. The van der Waals surface area contributed by atoms with Crippen LogP contribution in [0.25, 0.3) is 0 Å². The van der Waals surface area contributed by atoms with E-state index in [1.807, 2.05) is 6.92 Å². The van der Waals surface area contributed by atoms with Crippen molar-refractivity contribution in [3.63, 3.8) is 0 Å². The minimum absolute atomic E-state index is 0. The van der Waals surface area contributed by atoms with Crippen LogP contribution in [0.4, 0.5) is 4.39 Å². The minimum Gasteiger partial charge on any atom is -0.493 e. The van der Waals surface area contributed by atoms with Crippen molar-refractivity contribution in [3.05, 3.63) is 59.2 Å². The van der Waals surface area contributed by atoms with Gasteiger partial charge in [-0.25, -0.2) is 9.38 Å². The van der Waals surface area contributed by atoms with Crippen molar-refractivity contribution in [2.75, 3.05) is 13.2 Å². The number of nitrogens with one attached hydrogen (secondary N) is 2. The van der Waals surface area contributed by atoms with Gasteiger partial charge in [-0.05, 0) is 56.4 Å². The number of ether oxygens (including phenoxy) is 1. The summed E-state index contributed by atoms with van der Waals surface area (Å²) in [5, 5.41) is 6.32. The number of pyridine rings is 1. The Morgan fingerprint density at radius 2 is 2.11 bits per heavy atom. The number of guanidine groups is 1. The van der Waals surface area contributed by atoms with Crippen LogP contribution in [0.3, 0.4) is 0 Å². The Balaban J connectivity index is 0.00000280. The van der Waals surface area contributed by atoms with Crippen molar-refractivity contribution in [3.8, 4) is 5.75 Å². The zero-order chi connectivity index (χ0) is 19.1. The second kappa shape index (κ2) is 11.2. The molecule has 1 saturated carbocycles. The Labute approximate surface area is 183 Å². The van der Waals surface area contributed by atoms with Gasteiger partial charge < -0.3 is 15.4 Å². The number of benzene rings is 1. The molecule has 0 saturated heterocycles. The van der Waals surface area contributed by atoms with E-state index in [4.69, 9.17) is 4.74 Å². The van der Waals surface area contributed by atoms with Crippen molar-refractivity contribution in [1.82, 2.24) is 15.6 Å². The molecule has 0 spiro atoms. The molecule has 0 atom stereocenters. The molecule has 1 aliphatic rings. The predicted molar refractivity (Wildman–Crippen MR) is 121 cm³/mol. The van der Waals surface area contributed by atoms with E-state index in [0.29, 0.717) is 24.1 Å². The summed E-state index contributed by atoms with van der Waals surface area (Å²) in [4.78, 5) is 8.68. The molecule has 7 heteroatoms. The number of rotatable bonds is 8. The molecule has 3 rings (SSSR count). The lowest BCUT2D eigenvalue weighted by atomic mass is 10.1. The Hall–Kier alpha value is -1.90. The third-order valence-corrected chi connectivity index (χ3v) is 4.40. The highest BCUT2D eigenvalue weighted by Crippen LogP contribution is 2.30. The Morgan fingerprint density at radius 3 is 2.82 bits per heavy atom. The molecule has 152 valence electrons. The molecule has 1 aromatic heterocycles. The number of halogens is 2. The van der Waals surface area contributed by atoms with Gasteiger partial charge in [0.2, 0.25) is 0 Å². The van der Waals surface area contributed by atoms with Crippen LogP contribution in [0.5, 0.6) is 5.75 Å². The maximum absolute atomic E-state index is 13.7. The molecular formula is C21H28FIN4O. The molecule has 2 aromatic rings. The summed E-state index contributed by atoms with van der Waals surface area (Å²) >= 11 is 0. The molecule has 0 aliphatic heterocycles. The van der Waals surface area contributed by atoms with Crippen molar-refractivity contribution < 1.29 is 9.13 Å². The summed E-state index contributed by atoms with van der Waals surface area (Å²) in [6.45, 7) is 6.31. The van der Waals surface area contributed by atoms with E-state index in [1.165, 1.54) is 24.5 Å². The van der Waals surface area contributed by atoms with Gasteiger partial charge in [0, 0.05) is 18.3 Å². The van der Waals surface area contributed by atoms with Gasteiger partial charge in [-0.2, -0.15) is 0 Å². The van der Waals surface area contributed by atoms with Gasteiger partial charge in [0.05, 0.1) is 25.4 Å². The highest BCUT2D eigenvalue weighted by Gasteiger charge is 2.22. The average molecular weight is 498 g/mol. The van der Waals surface area contributed by atoms with Gasteiger partial charge in [0.25, 0.3) is 0 Å². The fourth-order valence-electron chi connectivity index (χ4n) is 2.64. The number of aliphatic imine (C=N–C) groups is 1. The molecule has 1 heterocycles. The fourth-order valence-corrected chi connectivity index (χ4v) is 2.64. The third-order valence-electron chi connectivity index (χ3n) is 4.40. The first-order chi connectivity index (χ1) is 13.2. The molecule has 1 aliphatic carbocycles. The molecular weight excluding hydrogens is 470 g/mol. The van der Waals surface area contributed by atoms with Crippen LogP contribution in [-0.2, 0) is 13.1 Å². The van der Waals surface area contributed by atoms with Crippen LogP contribution in [-0.4, -0.2) is 24.1 Å². The topological polar surface area (TPSA) is 58.5 Å². The van der Waals surface area contributed by atoms with Gasteiger partial charge >= 0.3 is 0 Å². The molecule has 2 N–H and O–H groups in total. The van der Waals surface area contributed by atoms with Crippen LogP contribution in [0.1, 0.15) is 36.6 Å². The van der Waals surface area contributed by atoms with Crippen LogP contribution in [0, 0.1) is 18.7 Å². The van der Waals surface area contributed by atoms with Crippen LogP contribution in [0.15, 0.2) is 41.5 Å². The maximum atomic E-state index is 13.7. The summed E-state index contributed by atoms with van der Waals surface area (Å²) in [7, 11) is 0. The molecule has 0 amide bonds. The first-order valence-electron chi connectivity index (χ1n) is 9.49. The molecule has 0 unspecified atom stereocenters. The van der Waals surface area contributed by atoms with Gasteiger partial charge in [0.1, 0.15) is 11.6 Å². The van der Waals surface area contributed by atoms with E-state index >= 15 is 0 Å². The van der Waals surface area contributed by atoms with Gasteiger partial charge in [-0.3, -0.25) is 4.98 Å². The highest BCUT2D eigenvalue weighted by molar-refractivity contribution is 14.0. The highest BCUT2D eigenvalue weighted by atomic mass is 127. The molecule has 0 bridgehead atoms. The van der Waals surface area contributed by atoms with Crippen LogP contribution < -0.4 is 15.4 Å². The van der Waals surface area contributed by atoms with E-state index in [1.54, 1.807) is 12.3 Å². The Kier molecular flexibility index (Phi) is 8.95. The number of aryl methyl sites for hydroxylation is 1. The second-order valence-corrected chi connectivity index (χ2v) is 6.85. The number of nitrogens with zero attached hydrogens (tertiary/aromatic N) is 2. The van der Waals surface area contributed by atoms with E-state index in [2.05, 4.69) is 45.7 Å². The smallest absolute Gasteiger partial charge is 0.191 e. The van der Waals surface area contributed by atoms with Crippen molar-refractivity contribution in [1.29, 1.82) is 0 Å². The minimum atomic E-state index is -0.324. The standard InChI is InChI=1S/C21H27FN4O.HI/c1-3-23-21(26-13-19-18(22)5-4-10-24-19)25-12-17-9-6-15(2)11-20(17)27-14-16-7-8-16;/h4-6,9-11,16H,3,7-8,12-14H2,1-2H3,(H2,23,25,26);1H. The third kappa shape index (κ3) is 6.92. The second-order valence-electron chi connectivity index (χ2n) is 6.85. The first kappa shape index (κ1) is 22.4. The summed E-state index contributed by atoms with van der Waals surface area (Å²) < 4.78 is 19.8. The van der Waals surface area contributed by atoms with Crippen LogP contribution in [0.2, 0.25) is 0 Å². The zero-order valence-corrected chi connectivity index (χ0v) is 18.7. The first-order valence-corrected chi connectivity index (χ1v) is 9.49. The van der Waals surface area contributed by atoms with Gasteiger partial charge in [-0.1, -0.05) is 12.1 Å². The maximum Gasteiger partial charge on any atom is 0.191 e. The van der Waals surface area contributed by atoms with Crippen molar-refractivity contribution in [2.45, 2.75) is 39.8 Å². The number of hydrogen-bond donors (Lipinski definition) is 2. The fraction of sp³-hybridized carbons (Fsp3) is 0.429. The summed E-state index contributed by atoms with van der Waals surface area (Å²) in [5.74, 6) is 1.90. The molecule has 1 aromatic carbocycles. The SMILES string of the molecule is CCNC(=NCc1ccc(C)cc1OCC1CC1)NCc1ncccc1F.I. The molecule has 1 fully saturated rings. The van der Waals surface area contributed by atoms with E-state index in [-0.39, 0.29) is 36.3 Å². The summed E-state index contributed by atoms with van der Waals surface area (Å²) in [5.41, 5.74) is 2.58. The quantitative estimate of drug-likeness (QED) is 0.326. The summed E-state index contributed by atoms with van der Waals surface area (Å²) in [6, 6.07) is 9.18.